The van der Waals surface area contributed by atoms with Gasteiger partial charge in [-0.25, -0.2) is 0 Å². The lowest BCUT2D eigenvalue weighted by atomic mass is 9.79. The van der Waals surface area contributed by atoms with E-state index in [1.165, 1.54) is 44.9 Å². The lowest BCUT2D eigenvalue weighted by Gasteiger charge is -2.36. The van der Waals surface area contributed by atoms with Crippen molar-refractivity contribution in [3.63, 3.8) is 0 Å². The van der Waals surface area contributed by atoms with E-state index < -0.39 is 0 Å². The van der Waals surface area contributed by atoms with Crippen LogP contribution in [0.1, 0.15) is 58.8 Å². The highest BCUT2D eigenvalue weighted by atomic mass is 15.0. The average Bonchev–Trinajstić information content (AvgIpc) is 3.13. The van der Waals surface area contributed by atoms with Crippen molar-refractivity contribution in [1.29, 1.82) is 0 Å². The van der Waals surface area contributed by atoms with Crippen LogP contribution < -0.4 is 5.32 Å². The van der Waals surface area contributed by atoms with Gasteiger partial charge in [0.2, 0.25) is 0 Å². The zero-order chi connectivity index (χ0) is 11.1. The van der Waals surface area contributed by atoms with E-state index in [1.807, 2.05) is 0 Å². The van der Waals surface area contributed by atoms with Crippen molar-refractivity contribution in [3.05, 3.63) is 0 Å². The Kier molecular flexibility index (Phi) is 2.99. The van der Waals surface area contributed by atoms with Gasteiger partial charge in [-0.1, -0.05) is 20.3 Å². The molecule has 0 aromatic rings. The molecule has 3 rings (SSSR count). The molecular formula is C15H27N. The Hall–Kier alpha value is -0.0400. The molecule has 0 amide bonds. The third-order valence-electron chi connectivity index (χ3n) is 5.12. The maximum Gasteiger partial charge on any atom is 0.0126 e. The summed E-state index contributed by atoms with van der Waals surface area (Å²) in [6.07, 6.45) is 10.3. The van der Waals surface area contributed by atoms with Crippen LogP contribution in [-0.2, 0) is 0 Å². The summed E-state index contributed by atoms with van der Waals surface area (Å²) in [5.74, 6) is 3.97. The SMILES string of the molecule is CC1CCC(C)C(NC(C2CC2)C2CC2)C1. The van der Waals surface area contributed by atoms with Crippen LogP contribution in [0, 0.1) is 23.7 Å². The lowest BCUT2D eigenvalue weighted by molar-refractivity contribution is 0.200. The van der Waals surface area contributed by atoms with E-state index in [9.17, 15) is 0 Å². The van der Waals surface area contributed by atoms with E-state index in [4.69, 9.17) is 0 Å². The minimum Gasteiger partial charge on any atom is -0.310 e. The van der Waals surface area contributed by atoms with Crippen LogP contribution in [0.4, 0.5) is 0 Å². The summed E-state index contributed by atoms with van der Waals surface area (Å²) < 4.78 is 0. The summed E-state index contributed by atoms with van der Waals surface area (Å²) in [6, 6.07) is 1.73. The van der Waals surface area contributed by atoms with Gasteiger partial charge in [0.15, 0.2) is 0 Å². The Morgan fingerprint density at radius 2 is 1.50 bits per heavy atom. The van der Waals surface area contributed by atoms with Crippen LogP contribution in [0.5, 0.6) is 0 Å². The molecule has 0 radical (unpaired) electrons. The first-order chi connectivity index (χ1) is 7.74. The fraction of sp³-hybridized carbons (Fsp3) is 1.00. The molecule has 3 fully saturated rings. The highest BCUT2D eigenvalue weighted by Crippen LogP contribution is 2.45. The maximum absolute atomic E-state index is 4.06. The normalized spacial score (nSPS) is 40.3. The molecule has 1 nitrogen and oxygen atoms in total. The van der Waals surface area contributed by atoms with Gasteiger partial charge in [-0.05, 0) is 62.2 Å². The predicted octanol–water partition coefficient (Wildman–Crippen LogP) is 3.59. The second kappa shape index (κ2) is 4.33. The Labute approximate surface area is 100 Å². The number of rotatable bonds is 4. The second-order valence-electron chi connectivity index (χ2n) is 6.87. The molecule has 16 heavy (non-hydrogen) atoms. The van der Waals surface area contributed by atoms with Gasteiger partial charge in [0, 0.05) is 12.1 Å². The van der Waals surface area contributed by atoms with Crippen LogP contribution in [-0.4, -0.2) is 12.1 Å². The van der Waals surface area contributed by atoms with Gasteiger partial charge in [-0.15, -0.1) is 0 Å². The molecule has 3 aliphatic rings. The fourth-order valence-electron chi connectivity index (χ4n) is 3.58. The minimum absolute atomic E-state index is 0.829. The first kappa shape index (κ1) is 11.1. The van der Waals surface area contributed by atoms with Gasteiger partial charge in [-0.2, -0.15) is 0 Å². The van der Waals surface area contributed by atoms with Crippen LogP contribution in [0.15, 0.2) is 0 Å². The van der Waals surface area contributed by atoms with Gasteiger partial charge >= 0.3 is 0 Å². The molecular weight excluding hydrogens is 194 g/mol. The number of hydrogen-bond donors (Lipinski definition) is 1. The molecule has 0 saturated heterocycles. The van der Waals surface area contributed by atoms with Crippen molar-refractivity contribution in [3.8, 4) is 0 Å². The van der Waals surface area contributed by atoms with Gasteiger partial charge in [0.25, 0.3) is 0 Å². The second-order valence-corrected chi connectivity index (χ2v) is 6.87. The summed E-state index contributed by atoms with van der Waals surface area (Å²) >= 11 is 0. The molecule has 0 aromatic heterocycles. The Morgan fingerprint density at radius 1 is 0.875 bits per heavy atom. The lowest BCUT2D eigenvalue weighted by Crippen LogP contribution is -2.46. The topological polar surface area (TPSA) is 12.0 Å². The molecule has 3 saturated carbocycles. The van der Waals surface area contributed by atoms with Crippen LogP contribution in [0.25, 0.3) is 0 Å². The van der Waals surface area contributed by atoms with Crippen molar-refractivity contribution >= 4 is 0 Å². The van der Waals surface area contributed by atoms with Gasteiger partial charge < -0.3 is 5.32 Å². The highest BCUT2D eigenvalue weighted by molar-refractivity contribution is 4.98. The van der Waals surface area contributed by atoms with Gasteiger partial charge in [0.05, 0.1) is 0 Å². The van der Waals surface area contributed by atoms with Crippen molar-refractivity contribution in [1.82, 2.24) is 5.32 Å². The van der Waals surface area contributed by atoms with E-state index in [0.717, 1.165) is 35.8 Å². The van der Waals surface area contributed by atoms with Crippen molar-refractivity contribution in [2.45, 2.75) is 70.9 Å². The van der Waals surface area contributed by atoms with Crippen LogP contribution in [0.2, 0.25) is 0 Å². The molecule has 0 bridgehead atoms. The minimum atomic E-state index is 0.829. The Morgan fingerprint density at radius 3 is 2.06 bits per heavy atom. The molecule has 3 atom stereocenters. The van der Waals surface area contributed by atoms with Gasteiger partial charge in [-0.3, -0.25) is 0 Å². The molecule has 3 aliphatic carbocycles. The molecule has 0 aromatic carbocycles. The van der Waals surface area contributed by atoms with Crippen LogP contribution >= 0.6 is 0 Å². The quantitative estimate of drug-likeness (QED) is 0.765. The van der Waals surface area contributed by atoms with Crippen molar-refractivity contribution in [2.75, 3.05) is 0 Å². The van der Waals surface area contributed by atoms with E-state index in [0.29, 0.717) is 0 Å². The summed E-state index contributed by atoms with van der Waals surface area (Å²) in [4.78, 5) is 0. The number of nitrogens with one attached hydrogen (secondary N) is 1. The molecule has 0 heterocycles. The molecule has 0 aliphatic heterocycles. The fourth-order valence-corrected chi connectivity index (χ4v) is 3.58. The average molecular weight is 221 g/mol. The van der Waals surface area contributed by atoms with E-state index >= 15 is 0 Å². The van der Waals surface area contributed by atoms with E-state index in [2.05, 4.69) is 19.2 Å². The molecule has 1 N–H and O–H groups in total. The zero-order valence-corrected chi connectivity index (χ0v) is 10.9. The van der Waals surface area contributed by atoms with Crippen molar-refractivity contribution < 1.29 is 0 Å². The summed E-state index contributed by atoms with van der Waals surface area (Å²) in [6.45, 7) is 4.89. The molecule has 1 heteroatoms. The predicted molar refractivity (Wildman–Crippen MR) is 68.3 cm³/mol. The maximum atomic E-state index is 4.06. The van der Waals surface area contributed by atoms with E-state index in [1.54, 1.807) is 0 Å². The highest BCUT2D eigenvalue weighted by Gasteiger charge is 2.43. The van der Waals surface area contributed by atoms with Gasteiger partial charge in [0.1, 0.15) is 0 Å². The number of hydrogen-bond acceptors (Lipinski definition) is 1. The third-order valence-corrected chi connectivity index (χ3v) is 5.12. The third kappa shape index (κ3) is 2.45. The first-order valence-corrected chi connectivity index (χ1v) is 7.50. The van der Waals surface area contributed by atoms with E-state index in [-0.39, 0.29) is 0 Å². The Balaban J connectivity index is 1.58. The summed E-state index contributed by atoms with van der Waals surface area (Å²) in [5, 5.41) is 4.06. The Bertz CT molecular complexity index is 230. The molecule has 3 unspecified atom stereocenters. The first-order valence-electron chi connectivity index (χ1n) is 7.50. The molecule has 0 spiro atoms. The molecule has 92 valence electrons. The standard InChI is InChI=1S/C15H27N/c1-10-3-4-11(2)14(9-10)16-15(12-5-6-12)13-7-8-13/h10-16H,3-9H2,1-2H3. The smallest absolute Gasteiger partial charge is 0.0126 e. The van der Waals surface area contributed by atoms with Crippen molar-refractivity contribution in [2.24, 2.45) is 23.7 Å². The largest absolute Gasteiger partial charge is 0.310 e. The summed E-state index contributed by atoms with van der Waals surface area (Å²) in [7, 11) is 0. The zero-order valence-electron chi connectivity index (χ0n) is 10.9. The summed E-state index contributed by atoms with van der Waals surface area (Å²) in [5.41, 5.74) is 0. The van der Waals surface area contributed by atoms with Crippen LogP contribution in [0.3, 0.4) is 0 Å². The monoisotopic (exact) mass is 221 g/mol.